The highest BCUT2D eigenvalue weighted by Gasteiger charge is 2.35. The van der Waals surface area contributed by atoms with Crippen molar-refractivity contribution >= 4 is 11.9 Å². The smallest absolute Gasteiger partial charge is 0.325 e. The maximum Gasteiger partial charge on any atom is 0.325 e. The zero-order chi connectivity index (χ0) is 11.5. The van der Waals surface area contributed by atoms with Crippen molar-refractivity contribution < 1.29 is 14.3 Å². The van der Waals surface area contributed by atoms with Crippen LogP contribution in [0.1, 0.15) is 25.7 Å². The van der Waals surface area contributed by atoms with E-state index in [1.807, 2.05) is 0 Å². The average Bonchev–Trinajstić information content (AvgIpc) is 2.14. The Morgan fingerprint density at radius 3 is 2.47 bits per heavy atom. The Kier molecular flexibility index (Phi) is 3.68. The van der Waals surface area contributed by atoms with Crippen LogP contribution in [-0.2, 0) is 14.3 Å². The molecule has 0 spiro atoms. The van der Waals surface area contributed by atoms with E-state index in [9.17, 15) is 9.59 Å². The summed E-state index contributed by atoms with van der Waals surface area (Å²) in [7, 11) is 2.89. The molecule has 5 nitrogen and oxygen atoms in total. The molecule has 0 aromatic rings. The lowest BCUT2D eigenvalue weighted by Crippen LogP contribution is -2.50. The van der Waals surface area contributed by atoms with Crippen LogP contribution in [0.3, 0.4) is 0 Å². The number of rotatable bonds is 4. The van der Waals surface area contributed by atoms with Crippen LogP contribution in [0, 0.1) is 0 Å². The fourth-order valence-corrected chi connectivity index (χ4v) is 1.59. The zero-order valence-electron chi connectivity index (χ0n) is 9.28. The lowest BCUT2D eigenvalue weighted by Gasteiger charge is -2.38. The third kappa shape index (κ3) is 3.20. The van der Waals surface area contributed by atoms with Crippen LogP contribution in [0.5, 0.6) is 0 Å². The molecule has 15 heavy (non-hydrogen) atoms. The van der Waals surface area contributed by atoms with Gasteiger partial charge in [0, 0.05) is 19.0 Å². The molecule has 1 fully saturated rings. The molecule has 1 rings (SSSR count). The summed E-state index contributed by atoms with van der Waals surface area (Å²) in [6.07, 6.45) is 3.20. The van der Waals surface area contributed by atoms with E-state index in [2.05, 4.69) is 4.74 Å². The fourth-order valence-electron chi connectivity index (χ4n) is 1.59. The van der Waals surface area contributed by atoms with Gasteiger partial charge in [0.05, 0.1) is 7.11 Å². The van der Waals surface area contributed by atoms with Gasteiger partial charge in [0.2, 0.25) is 5.91 Å². The van der Waals surface area contributed by atoms with E-state index in [4.69, 9.17) is 5.73 Å². The molecule has 0 radical (unpaired) electrons. The standard InChI is InChI=1S/C10H18N2O3/c1-12(7-9(14)15-2)8(13)6-10(11)4-3-5-10/h3-7,11H2,1-2H3. The quantitative estimate of drug-likeness (QED) is 0.663. The van der Waals surface area contributed by atoms with E-state index < -0.39 is 5.97 Å². The van der Waals surface area contributed by atoms with E-state index in [0.717, 1.165) is 19.3 Å². The second-order valence-electron chi connectivity index (χ2n) is 4.22. The van der Waals surface area contributed by atoms with Crippen LogP contribution in [0.15, 0.2) is 0 Å². The first-order valence-corrected chi connectivity index (χ1v) is 5.06. The van der Waals surface area contributed by atoms with Gasteiger partial charge in [0.15, 0.2) is 0 Å². The van der Waals surface area contributed by atoms with Gasteiger partial charge in [-0.25, -0.2) is 0 Å². The molecule has 0 aliphatic heterocycles. The third-order valence-electron chi connectivity index (χ3n) is 2.87. The van der Waals surface area contributed by atoms with Crippen LogP contribution < -0.4 is 5.73 Å². The molecule has 1 aliphatic carbocycles. The van der Waals surface area contributed by atoms with Gasteiger partial charge >= 0.3 is 5.97 Å². The summed E-state index contributed by atoms with van der Waals surface area (Å²) < 4.78 is 4.48. The summed E-state index contributed by atoms with van der Waals surface area (Å²) in [5.74, 6) is -0.506. The van der Waals surface area contributed by atoms with Gasteiger partial charge in [-0.15, -0.1) is 0 Å². The maximum absolute atomic E-state index is 11.6. The number of amides is 1. The molecule has 1 saturated carbocycles. The Labute approximate surface area is 89.6 Å². The summed E-state index contributed by atoms with van der Waals surface area (Å²) in [5, 5.41) is 0. The number of methoxy groups -OCH3 is 1. The minimum atomic E-state index is -0.412. The molecule has 1 aliphatic rings. The Morgan fingerprint density at radius 2 is 2.07 bits per heavy atom. The Morgan fingerprint density at radius 1 is 1.47 bits per heavy atom. The van der Waals surface area contributed by atoms with Crippen molar-refractivity contribution in [2.75, 3.05) is 20.7 Å². The van der Waals surface area contributed by atoms with Gasteiger partial charge in [-0.3, -0.25) is 9.59 Å². The van der Waals surface area contributed by atoms with E-state index >= 15 is 0 Å². The number of nitrogens with two attached hydrogens (primary N) is 1. The van der Waals surface area contributed by atoms with Crippen LogP contribution in [0.25, 0.3) is 0 Å². The molecule has 0 atom stereocenters. The predicted octanol–water partition coefficient (Wildman–Crippen LogP) is -0.111. The first-order chi connectivity index (χ1) is 6.97. The minimum Gasteiger partial charge on any atom is -0.468 e. The number of esters is 1. The summed E-state index contributed by atoms with van der Waals surface area (Å²) >= 11 is 0. The molecule has 0 bridgehead atoms. The molecule has 0 saturated heterocycles. The van der Waals surface area contributed by atoms with Gasteiger partial charge in [-0.1, -0.05) is 0 Å². The van der Waals surface area contributed by atoms with Crippen molar-refractivity contribution in [3.8, 4) is 0 Å². The van der Waals surface area contributed by atoms with Crippen LogP contribution >= 0.6 is 0 Å². The van der Waals surface area contributed by atoms with Crippen LogP contribution in [0.4, 0.5) is 0 Å². The highest BCUT2D eigenvalue weighted by molar-refractivity contribution is 5.82. The summed E-state index contributed by atoms with van der Waals surface area (Å²) in [6, 6.07) is 0. The largest absolute Gasteiger partial charge is 0.468 e. The fraction of sp³-hybridized carbons (Fsp3) is 0.800. The number of carbonyl (C=O) groups excluding carboxylic acids is 2. The second kappa shape index (κ2) is 4.61. The summed E-state index contributed by atoms with van der Waals surface area (Å²) in [4.78, 5) is 23.9. The van der Waals surface area contributed by atoms with Gasteiger partial charge < -0.3 is 15.4 Å². The Balaban J connectivity index is 2.36. The van der Waals surface area contributed by atoms with Gasteiger partial charge in [0.1, 0.15) is 6.54 Å². The molecular formula is C10H18N2O3. The van der Waals surface area contributed by atoms with Crippen molar-refractivity contribution in [1.82, 2.24) is 4.90 Å². The number of nitrogens with zero attached hydrogens (tertiary/aromatic N) is 1. The molecule has 2 N–H and O–H groups in total. The van der Waals surface area contributed by atoms with E-state index in [0.29, 0.717) is 6.42 Å². The second-order valence-corrected chi connectivity index (χ2v) is 4.22. The van der Waals surface area contributed by atoms with E-state index in [1.165, 1.54) is 12.0 Å². The number of hydrogen-bond donors (Lipinski definition) is 1. The molecule has 0 aromatic carbocycles. The lowest BCUT2D eigenvalue weighted by atomic mass is 9.75. The lowest BCUT2D eigenvalue weighted by molar-refractivity contribution is -0.146. The molecule has 0 heterocycles. The van der Waals surface area contributed by atoms with Gasteiger partial charge in [-0.2, -0.15) is 0 Å². The van der Waals surface area contributed by atoms with Crippen molar-refractivity contribution in [2.24, 2.45) is 5.73 Å². The molecule has 86 valence electrons. The van der Waals surface area contributed by atoms with Crippen molar-refractivity contribution in [3.63, 3.8) is 0 Å². The monoisotopic (exact) mass is 214 g/mol. The summed E-state index contributed by atoms with van der Waals surface area (Å²) in [6.45, 7) is -0.00852. The topological polar surface area (TPSA) is 72.6 Å². The number of ether oxygens (including phenoxy) is 1. The first kappa shape index (κ1) is 12.0. The van der Waals surface area contributed by atoms with Gasteiger partial charge in [-0.05, 0) is 19.3 Å². The normalized spacial score (nSPS) is 17.8. The maximum atomic E-state index is 11.6. The first-order valence-electron chi connectivity index (χ1n) is 5.06. The average molecular weight is 214 g/mol. The molecule has 0 unspecified atom stereocenters. The number of likely N-dealkylation sites (N-methyl/N-ethyl adjacent to an activating group) is 1. The van der Waals surface area contributed by atoms with Gasteiger partial charge in [0.25, 0.3) is 0 Å². The zero-order valence-corrected chi connectivity index (χ0v) is 9.28. The highest BCUT2D eigenvalue weighted by Crippen LogP contribution is 2.32. The van der Waals surface area contributed by atoms with Crippen molar-refractivity contribution in [3.05, 3.63) is 0 Å². The van der Waals surface area contributed by atoms with Crippen molar-refractivity contribution in [1.29, 1.82) is 0 Å². The van der Waals surface area contributed by atoms with E-state index in [1.54, 1.807) is 7.05 Å². The highest BCUT2D eigenvalue weighted by atomic mass is 16.5. The summed E-state index contributed by atoms with van der Waals surface area (Å²) in [5.41, 5.74) is 5.61. The number of carbonyl (C=O) groups is 2. The van der Waals surface area contributed by atoms with Crippen molar-refractivity contribution in [2.45, 2.75) is 31.2 Å². The molecular weight excluding hydrogens is 196 g/mol. The molecule has 5 heteroatoms. The van der Waals surface area contributed by atoms with E-state index in [-0.39, 0.29) is 18.0 Å². The Hall–Kier alpha value is -1.10. The number of hydrogen-bond acceptors (Lipinski definition) is 4. The van der Waals surface area contributed by atoms with Crippen LogP contribution in [0.2, 0.25) is 0 Å². The molecule has 1 amide bonds. The third-order valence-corrected chi connectivity index (χ3v) is 2.87. The van der Waals surface area contributed by atoms with Crippen LogP contribution in [-0.4, -0.2) is 43.0 Å². The SMILES string of the molecule is COC(=O)CN(C)C(=O)CC1(N)CCC1. The Bertz CT molecular complexity index is 261. The molecule has 0 aromatic heterocycles. The predicted molar refractivity (Wildman–Crippen MR) is 55.0 cm³/mol. The minimum absolute atomic E-state index is 0.00852.